The van der Waals surface area contributed by atoms with Crippen LogP contribution in [-0.4, -0.2) is 51.4 Å². The Balaban J connectivity index is 1.98. The summed E-state index contributed by atoms with van der Waals surface area (Å²) >= 11 is 0. The van der Waals surface area contributed by atoms with Gasteiger partial charge in [-0.15, -0.1) is 0 Å². The standard InChI is InChI=1S/C30H37N3O5S/c1-5-6-20-31-30(35)24(3)32(21-25-14-12-23(2)13-15-25)29(34)22-33(26-16-18-27(38-4)19-17-26)39(36,37)28-10-8-7-9-11-28/h7-19,24H,5-6,20-22H2,1-4H3,(H,31,35). The lowest BCUT2D eigenvalue weighted by Crippen LogP contribution is -2.51. The number of sulfonamides is 1. The van der Waals surface area contributed by atoms with Crippen molar-refractivity contribution in [1.29, 1.82) is 0 Å². The van der Waals surface area contributed by atoms with E-state index in [0.717, 1.165) is 28.3 Å². The Morgan fingerprint density at radius 1 is 0.949 bits per heavy atom. The predicted octanol–water partition coefficient (Wildman–Crippen LogP) is 4.53. The van der Waals surface area contributed by atoms with Gasteiger partial charge in [0.15, 0.2) is 0 Å². The van der Waals surface area contributed by atoms with Crippen LogP contribution >= 0.6 is 0 Å². The van der Waals surface area contributed by atoms with E-state index in [2.05, 4.69) is 5.32 Å². The number of ether oxygens (including phenoxy) is 1. The van der Waals surface area contributed by atoms with Crippen LogP contribution in [0.2, 0.25) is 0 Å². The number of hydrogen-bond donors (Lipinski definition) is 1. The molecule has 0 fully saturated rings. The Morgan fingerprint density at radius 3 is 2.18 bits per heavy atom. The molecule has 0 radical (unpaired) electrons. The fourth-order valence-electron chi connectivity index (χ4n) is 4.01. The van der Waals surface area contributed by atoms with Gasteiger partial charge >= 0.3 is 0 Å². The average Bonchev–Trinajstić information content (AvgIpc) is 2.95. The van der Waals surface area contributed by atoms with E-state index in [4.69, 9.17) is 4.74 Å². The van der Waals surface area contributed by atoms with Gasteiger partial charge in [0.2, 0.25) is 11.8 Å². The van der Waals surface area contributed by atoms with Crippen molar-refractivity contribution in [2.45, 2.75) is 51.1 Å². The maximum atomic E-state index is 13.9. The molecule has 3 rings (SSSR count). The van der Waals surface area contributed by atoms with Crippen molar-refractivity contribution in [3.05, 3.63) is 90.0 Å². The highest BCUT2D eigenvalue weighted by Crippen LogP contribution is 2.26. The highest BCUT2D eigenvalue weighted by molar-refractivity contribution is 7.92. The van der Waals surface area contributed by atoms with Crippen molar-refractivity contribution >= 4 is 27.5 Å². The summed E-state index contributed by atoms with van der Waals surface area (Å²) in [5, 5.41) is 2.89. The lowest BCUT2D eigenvalue weighted by Gasteiger charge is -2.32. The van der Waals surface area contributed by atoms with Crippen LogP contribution in [0.4, 0.5) is 5.69 Å². The number of carbonyl (C=O) groups is 2. The molecule has 1 N–H and O–H groups in total. The Labute approximate surface area is 231 Å². The molecule has 0 spiro atoms. The van der Waals surface area contributed by atoms with Crippen LogP contribution in [0.25, 0.3) is 0 Å². The van der Waals surface area contributed by atoms with E-state index in [9.17, 15) is 18.0 Å². The molecule has 0 aliphatic heterocycles. The molecular formula is C30H37N3O5S. The molecule has 3 aromatic rings. The third-order valence-corrected chi connectivity index (χ3v) is 8.23. The van der Waals surface area contributed by atoms with Crippen molar-refractivity contribution < 1.29 is 22.7 Å². The molecule has 2 amide bonds. The van der Waals surface area contributed by atoms with Gasteiger partial charge in [0.05, 0.1) is 17.7 Å². The molecule has 1 unspecified atom stereocenters. The number of nitrogens with one attached hydrogen (secondary N) is 1. The van der Waals surface area contributed by atoms with E-state index in [0.29, 0.717) is 18.0 Å². The highest BCUT2D eigenvalue weighted by atomic mass is 32.2. The normalized spacial score (nSPS) is 11.9. The summed E-state index contributed by atoms with van der Waals surface area (Å²) < 4.78 is 33.8. The number of methoxy groups -OCH3 is 1. The van der Waals surface area contributed by atoms with E-state index >= 15 is 0 Å². The topological polar surface area (TPSA) is 96.0 Å². The number of rotatable bonds is 13. The van der Waals surface area contributed by atoms with Crippen molar-refractivity contribution in [3.8, 4) is 5.75 Å². The smallest absolute Gasteiger partial charge is 0.264 e. The molecule has 0 bridgehead atoms. The minimum Gasteiger partial charge on any atom is -0.497 e. The largest absolute Gasteiger partial charge is 0.497 e. The zero-order valence-corrected chi connectivity index (χ0v) is 23.8. The van der Waals surface area contributed by atoms with Gasteiger partial charge in [0, 0.05) is 13.1 Å². The molecule has 0 aliphatic carbocycles. The summed E-state index contributed by atoms with van der Waals surface area (Å²) in [6, 6.07) is 21.3. The average molecular weight is 552 g/mol. The third-order valence-electron chi connectivity index (χ3n) is 6.44. The maximum Gasteiger partial charge on any atom is 0.264 e. The van der Waals surface area contributed by atoms with E-state index in [1.165, 1.54) is 24.1 Å². The number of carbonyl (C=O) groups excluding carboxylic acids is 2. The molecule has 9 heteroatoms. The molecule has 8 nitrogen and oxygen atoms in total. The second-order valence-corrected chi connectivity index (χ2v) is 11.2. The van der Waals surface area contributed by atoms with Crippen molar-refractivity contribution in [2.75, 3.05) is 24.5 Å². The monoisotopic (exact) mass is 551 g/mol. The summed E-state index contributed by atoms with van der Waals surface area (Å²) in [6.45, 7) is 5.84. The predicted molar refractivity (Wildman–Crippen MR) is 153 cm³/mol. The Hall–Kier alpha value is -3.85. The Morgan fingerprint density at radius 2 is 1.59 bits per heavy atom. The number of benzene rings is 3. The second-order valence-electron chi connectivity index (χ2n) is 9.35. The lowest BCUT2D eigenvalue weighted by atomic mass is 10.1. The number of unbranched alkanes of at least 4 members (excludes halogenated alkanes) is 1. The third kappa shape index (κ3) is 7.83. The summed E-state index contributed by atoms with van der Waals surface area (Å²) in [5.41, 5.74) is 2.22. The molecule has 0 aliphatic rings. The fraction of sp³-hybridized carbons (Fsp3) is 0.333. The zero-order chi connectivity index (χ0) is 28.4. The molecule has 0 saturated heterocycles. The minimum atomic E-state index is -4.10. The van der Waals surface area contributed by atoms with Crippen LogP contribution in [0.1, 0.15) is 37.8 Å². The van der Waals surface area contributed by atoms with E-state index in [-0.39, 0.29) is 17.3 Å². The van der Waals surface area contributed by atoms with Gasteiger partial charge < -0.3 is 15.0 Å². The van der Waals surface area contributed by atoms with Crippen LogP contribution in [0.5, 0.6) is 5.75 Å². The SMILES string of the molecule is CCCCNC(=O)C(C)N(Cc1ccc(C)cc1)C(=O)CN(c1ccc(OC)cc1)S(=O)(=O)c1ccccc1. The number of aryl methyl sites for hydroxylation is 1. The van der Waals surface area contributed by atoms with Crippen LogP contribution < -0.4 is 14.4 Å². The molecule has 1 atom stereocenters. The van der Waals surface area contributed by atoms with Crippen LogP contribution in [-0.2, 0) is 26.2 Å². The van der Waals surface area contributed by atoms with Crippen LogP contribution in [0.15, 0.2) is 83.8 Å². The van der Waals surface area contributed by atoms with E-state index in [1.807, 2.05) is 38.1 Å². The van der Waals surface area contributed by atoms with Gasteiger partial charge in [-0.2, -0.15) is 0 Å². The number of nitrogens with zero attached hydrogens (tertiary/aromatic N) is 2. The molecule has 208 valence electrons. The second kappa shape index (κ2) is 13.8. The first-order valence-corrected chi connectivity index (χ1v) is 14.5. The molecule has 3 aromatic carbocycles. The summed E-state index contributed by atoms with van der Waals surface area (Å²) in [6.07, 6.45) is 1.75. The van der Waals surface area contributed by atoms with Crippen LogP contribution in [0.3, 0.4) is 0 Å². The molecule has 0 aromatic heterocycles. The zero-order valence-electron chi connectivity index (χ0n) is 23.0. The molecular weight excluding hydrogens is 514 g/mol. The van der Waals surface area contributed by atoms with Gasteiger partial charge in [-0.3, -0.25) is 13.9 Å². The first-order valence-electron chi connectivity index (χ1n) is 13.0. The fourth-order valence-corrected chi connectivity index (χ4v) is 5.44. The van der Waals surface area contributed by atoms with Crippen LogP contribution in [0, 0.1) is 6.92 Å². The van der Waals surface area contributed by atoms with Gasteiger partial charge in [0.1, 0.15) is 18.3 Å². The van der Waals surface area contributed by atoms with Crippen molar-refractivity contribution in [2.24, 2.45) is 0 Å². The van der Waals surface area contributed by atoms with Gasteiger partial charge in [0.25, 0.3) is 10.0 Å². The highest BCUT2D eigenvalue weighted by Gasteiger charge is 2.32. The lowest BCUT2D eigenvalue weighted by molar-refractivity contribution is -0.139. The van der Waals surface area contributed by atoms with Crippen molar-refractivity contribution in [1.82, 2.24) is 10.2 Å². The summed E-state index contributed by atoms with van der Waals surface area (Å²) in [7, 11) is -2.58. The summed E-state index contributed by atoms with van der Waals surface area (Å²) in [4.78, 5) is 28.4. The van der Waals surface area contributed by atoms with E-state index < -0.39 is 28.5 Å². The van der Waals surface area contributed by atoms with Crippen molar-refractivity contribution in [3.63, 3.8) is 0 Å². The number of hydrogen-bond acceptors (Lipinski definition) is 5. The van der Waals surface area contributed by atoms with Gasteiger partial charge in [-0.05, 0) is 62.2 Å². The Bertz CT molecular complexity index is 1330. The molecule has 0 saturated carbocycles. The first kappa shape index (κ1) is 29.7. The van der Waals surface area contributed by atoms with Gasteiger partial charge in [-0.25, -0.2) is 8.42 Å². The first-order chi connectivity index (χ1) is 18.7. The number of anilines is 1. The quantitative estimate of drug-likeness (QED) is 0.315. The minimum absolute atomic E-state index is 0.0593. The van der Waals surface area contributed by atoms with Gasteiger partial charge in [-0.1, -0.05) is 61.4 Å². The summed E-state index contributed by atoms with van der Waals surface area (Å²) in [5.74, 6) is -0.227. The van der Waals surface area contributed by atoms with E-state index in [1.54, 1.807) is 49.4 Å². The molecule has 39 heavy (non-hydrogen) atoms. The maximum absolute atomic E-state index is 13.9. The molecule has 0 heterocycles. The number of amides is 2. The Kier molecular flexibility index (Phi) is 10.5.